The fraction of sp³-hybridized carbons (Fsp3) is 0.273. The number of hydrogen-bond acceptors (Lipinski definition) is 5. The summed E-state index contributed by atoms with van der Waals surface area (Å²) in [6.45, 7) is 3.38. The maximum absolute atomic E-state index is 12.8. The van der Waals surface area contributed by atoms with E-state index in [4.69, 9.17) is 14.5 Å². The maximum Gasteiger partial charge on any atom is 0.251 e. The number of nitrogens with one attached hydrogen (secondary N) is 1. The molecule has 4 rings (SSSR count). The van der Waals surface area contributed by atoms with Crippen molar-refractivity contribution in [2.24, 2.45) is 0 Å². The summed E-state index contributed by atoms with van der Waals surface area (Å²) in [5, 5.41) is 4.05. The number of amides is 1. The van der Waals surface area contributed by atoms with Gasteiger partial charge in [0.05, 0.1) is 32.2 Å². The summed E-state index contributed by atoms with van der Waals surface area (Å²) in [4.78, 5) is 17.6. The van der Waals surface area contributed by atoms with Crippen LogP contribution in [0.1, 0.15) is 21.6 Å². The minimum atomic E-state index is -0.165. The average molecular weight is 410 g/mol. The van der Waals surface area contributed by atoms with Crippen LogP contribution in [0.3, 0.4) is 0 Å². The molecular formula is C22H23N3O3S. The van der Waals surface area contributed by atoms with Gasteiger partial charge in [-0.25, -0.2) is 4.98 Å². The highest BCUT2D eigenvalue weighted by atomic mass is 32.2. The van der Waals surface area contributed by atoms with Crippen LogP contribution >= 0.6 is 11.8 Å². The van der Waals surface area contributed by atoms with Gasteiger partial charge >= 0.3 is 0 Å². The third kappa shape index (κ3) is 3.82. The zero-order valence-electron chi connectivity index (χ0n) is 16.7. The molecule has 1 N–H and O–H groups in total. The van der Waals surface area contributed by atoms with E-state index >= 15 is 0 Å². The number of fused-ring (bicyclic) bond motifs is 1. The number of imidazole rings is 1. The van der Waals surface area contributed by atoms with Gasteiger partial charge in [-0.2, -0.15) is 0 Å². The third-order valence-electron chi connectivity index (χ3n) is 4.97. The Morgan fingerprint density at radius 2 is 1.90 bits per heavy atom. The molecule has 0 fully saturated rings. The summed E-state index contributed by atoms with van der Waals surface area (Å²) in [5.41, 5.74) is 4.75. The molecule has 1 amide bonds. The van der Waals surface area contributed by atoms with Crippen LogP contribution in [0.2, 0.25) is 0 Å². The zero-order chi connectivity index (χ0) is 20.4. The molecule has 0 aliphatic carbocycles. The predicted molar refractivity (Wildman–Crippen MR) is 114 cm³/mol. The van der Waals surface area contributed by atoms with E-state index in [2.05, 4.69) is 41.1 Å². The normalized spacial score (nSPS) is 12.5. The quantitative estimate of drug-likeness (QED) is 0.669. The summed E-state index contributed by atoms with van der Waals surface area (Å²) < 4.78 is 12.7. The number of carbonyl (C=O) groups is 1. The molecule has 1 aliphatic rings. The molecule has 2 aromatic carbocycles. The van der Waals surface area contributed by atoms with E-state index in [1.165, 1.54) is 5.56 Å². The van der Waals surface area contributed by atoms with Crippen molar-refractivity contribution in [2.45, 2.75) is 25.2 Å². The standard InChI is InChI=1S/C22H23N3O3S/c1-14-4-6-15(7-5-14)20-17(25-10-11-29-22(25)24-20)13-23-21(26)16-8-9-18(27-2)19(12-16)28-3/h4-9,12H,10-11,13H2,1-3H3,(H,23,26). The molecule has 29 heavy (non-hydrogen) atoms. The van der Waals surface area contributed by atoms with Crippen LogP contribution < -0.4 is 14.8 Å². The molecule has 6 nitrogen and oxygen atoms in total. The minimum absolute atomic E-state index is 0.165. The van der Waals surface area contributed by atoms with Gasteiger partial charge in [0.1, 0.15) is 0 Å². The lowest BCUT2D eigenvalue weighted by Gasteiger charge is -2.12. The molecule has 150 valence electrons. The van der Waals surface area contributed by atoms with Crippen molar-refractivity contribution in [2.75, 3.05) is 20.0 Å². The topological polar surface area (TPSA) is 65.4 Å². The number of benzene rings is 2. The number of rotatable bonds is 6. The van der Waals surface area contributed by atoms with Crippen LogP contribution in [-0.4, -0.2) is 35.4 Å². The van der Waals surface area contributed by atoms with Crippen molar-refractivity contribution >= 4 is 17.7 Å². The van der Waals surface area contributed by atoms with Gasteiger partial charge in [-0.1, -0.05) is 41.6 Å². The van der Waals surface area contributed by atoms with Crippen LogP contribution in [0.25, 0.3) is 11.3 Å². The van der Waals surface area contributed by atoms with Gasteiger partial charge < -0.3 is 19.4 Å². The number of methoxy groups -OCH3 is 2. The summed E-state index contributed by atoms with van der Waals surface area (Å²) >= 11 is 1.75. The summed E-state index contributed by atoms with van der Waals surface area (Å²) in [6, 6.07) is 13.5. The van der Waals surface area contributed by atoms with Crippen molar-refractivity contribution in [1.29, 1.82) is 0 Å². The first kappa shape index (κ1) is 19.4. The van der Waals surface area contributed by atoms with Gasteiger partial charge in [-0.15, -0.1) is 0 Å². The first-order valence-electron chi connectivity index (χ1n) is 9.40. The molecule has 7 heteroatoms. The second-order valence-electron chi connectivity index (χ2n) is 6.81. The van der Waals surface area contributed by atoms with Crippen molar-refractivity contribution in [3.63, 3.8) is 0 Å². The molecule has 0 spiro atoms. The second kappa shape index (κ2) is 8.21. The molecule has 1 aliphatic heterocycles. The number of aryl methyl sites for hydroxylation is 1. The molecule has 0 bridgehead atoms. The predicted octanol–water partition coefficient (Wildman–Crippen LogP) is 3.91. The third-order valence-corrected chi connectivity index (χ3v) is 5.93. The fourth-order valence-electron chi connectivity index (χ4n) is 3.40. The Balaban J connectivity index is 1.58. The van der Waals surface area contributed by atoms with Crippen LogP contribution in [0, 0.1) is 6.92 Å². The SMILES string of the molecule is COc1ccc(C(=O)NCc2c(-c3ccc(C)cc3)nc3n2CCS3)cc1OC. The Bertz CT molecular complexity index is 1040. The molecule has 3 aromatic rings. The van der Waals surface area contributed by atoms with Gasteiger partial charge in [-0.05, 0) is 25.1 Å². The smallest absolute Gasteiger partial charge is 0.251 e. The number of thioether (sulfide) groups is 1. The molecule has 0 radical (unpaired) electrons. The monoisotopic (exact) mass is 409 g/mol. The Kier molecular flexibility index (Phi) is 5.49. The lowest BCUT2D eigenvalue weighted by atomic mass is 10.1. The lowest BCUT2D eigenvalue weighted by Crippen LogP contribution is -2.24. The molecule has 0 saturated carbocycles. The van der Waals surface area contributed by atoms with E-state index in [9.17, 15) is 4.79 Å². The van der Waals surface area contributed by atoms with Crippen LogP contribution in [0.4, 0.5) is 0 Å². The molecule has 1 aromatic heterocycles. The van der Waals surface area contributed by atoms with Crippen LogP contribution in [0.15, 0.2) is 47.6 Å². The Morgan fingerprint density at radius 1 is 1.14 bits per heavy atom. The summed E-state index contributed by atoms with van der Waals surface area (Å²) in [5.74, 6) is 1.97. The minimum Gasteiger partial charge on any atom is -0.493 e. The number of hydrogen-bond donors (Lipinski definition) is 1. The maximum atomic E-state index is 12.8. The molecule has 0 atom stereocenters. The highest BCUT2D eigenvalue weighted by molar-refractivity contribution is 7.99. The van der Waals surface area contributed by atoms with Crippen molar-refractivity contribution in [3.8, 4) is 22.8 Å². The summed E-state index contributed by atoms with van der Waals surface area (Å²) in [6.07, 6.45) is 0. The van der Waals surface area contributed by atoms with Crippen molar-refractivity contribution in [3.05, 3.63) is 59.3 Å². The van der Waals surface area contributed by atoms with Crippen LogP contribution in [-0.2, 0) is 13.1 Å². The fourth-order valence-corrected chi connectivity index (χ4v) is 4.37. The second-order valence-corrected chi connectivity index (χ2v) is 7.87. The molecular weight excluding hydrogens is 386 g/mol. The van der Waals surface area contributed by atoms with E-state index < -0.39 is 0 Å². The first-order valence-corrected chi connectivity index (χ1v) is 10.4. The van der Waals surface area contributed by atoms with Gasteiger partial charge in [-0.3, -0.25) is 4.79 Å². The van der Waals surface area contributed by atoms with Gasteiger partial charge in [0, 0.05) is 23.4 Å². The number of ether oxygens (including phenoxy) is 2. The summed E-state index contributed by atoms with van der Waals surface area (Å²) in [7, 11) is 3.13. The number of carbonyl (C=O) groups excluding carboxylic acids is 1. The Morgan fingerprint density at radius 3 is 2.62 bits per heavy atom. The number of aromatic nitrogens is 2. The lowest BCUT2D eigenvalue weighted by molar-refractivity contribution is 0.0949. The van der Waals surface area contributed by atoms with E-state index in [0.29, 0.717) is 23.6 Å². The first-order chi connectivity index (χ1) is 14.1. The van der Waals surface area contributed by atoms with E-state index in [1.54, 1.807) is 44.2 Å². The van der Waals surface area contributed by atoms with Crippen molar-refractivity contribution in [1.82, 2.24) is 14.9 Å². The van der Waals surface area contributed by atoms with Crippen LogP contribution in [0.5, 0.6) is 11.5 Å². The highest BCUT2D eigenvalue weighted by Gasteiger charge is 2.23. The Labute approximate surface area is 174 Å². The Hall–Kier alpha value is -2.93. The number of nitrogens with zero attached hydrogens (tertiary/aromatic N) is 2. The van der Waals surface area contributed by atoms with Gasteiger partial charge in [0.2, 0.25) is 0 Å². The van der Waals surface area contributed by atoms with E-state index in [1.807, 2.05) is 0 Å². The van der Waals surface area contributed by atoms with E-state index in [-0.39, 0.29) is 5.91 Å². The average Bonchev–Trinajstić information content (AvgIpc) is 3.33. The molecule has 0 unspecified atom stereocenters. The molecule has 0 saturated heterocycles. The largest absolute Gasteiger partial charge is 0.493 e. The van der Waals surface area contributed by atoms with Crippen molar-refractivity contribution < 1.29 is 14.3 Å². The highest BCUT2D eigenvalue weighted by Crippen LogP contribution is 2.33. The molecule has 2 heterocycles. The van der Waals surface area contributed by atoms with E-state index in [0.717, 1.165) is 34.4 Å². The van der Waals surface area contributed by atoms with Gasteiger partial charge in [0.25, 0.3) is 5.91 Å². The zero-order valence-corrected chi connectivity index (χ0v) is 17.5. The van der Waals surface area contributed by atoms with Gasteiger partial charge in [0.15, 0.2) is 16.7 Å².